The maximum absolute atomic E-state index is 9.77. The second-order valence-electron chi connectivity index (χ2n) is 3.36. The number of aliphatic hydroxyl groups excluding tert-OH is 1. The van der Waals surface area contributed by atoms with Gasteiger partial charge in [-0.25, -0.2) is 4.98 Å². The van der Waals surface area contributed by atoms with Crippen LogP contribution in [-0.4, -0.2) is 14.5 Å². The lowest BCUT2D eigenvalue weighted by molar-refractivity contribution is 0.231. The van der Waals surface area contributed by atoms with E-state index in [2.05, 4.69) is 10.9 Å². The first-order chi connectivity index (χ1) is 7.27. The van der Waals surface area contributed by atoms with Crippen molar-refractivity contribution in [2.45, 2.75) is 19.4 Å². The van der Waals surface area contributed by atoms with E-state index in [1.807, 2.05) is 23.5 Å². The predicted molar refractivity (Wildman–Crippen MR) is 58.4 cm³/mol. The number of aromatic nitrogens is 2. The first kappa shape index (κ1) is 9.75. The Balaban J connectivity index is 2.75. The molecule has 76 valence electrons. The van der Waals surface area contributed by atoms with Crippen molar-refractivity contribution in [2.75, 3.05) is 0 Å². The van der Waals surface area contributed by atoms with E-state index < -0.39 is 6.10 Å². The molecule has 1 atom stereocenters. The number of aryl methyl sites for hydroxylation is 1. The molecule has 0 aliphatic carbocycles. The number of aliphatic hydroxyl groups is 1. The fraction of sp³-hybridized carbons (Fsp3) is 0.250. The highest BCUT2D eigenvalue weighted by molar-refractivity contribution is 5.49. The molecule has 0 bridgehead atoms. The van der Waals surface area contributed by atoms with E-state index in [1.165, 1.54) is 0 Å². The first-order valence-electron chi connectivity index (χ1n) is 4.86. The van der Waals surface area contributed by atoms with E-state index in [9.17, 15) is 5.11 Å². The van der Waals surface area contributed by atoms with Gasteiger partial charge in [-0.2, -0.15) is 0 Å². The Morgan fingerprint density at radius 3 is 3.07 bits per heavy atom. The number of rotatable bonds is 2. The molecule has 15 heavy (non-hydrogen) atoms. The summed E-state index contributed by atoms with van der Waals surface area (Å²) < 4.78 is 1.84. The van der Waals surface area contributed by atoms with Crippen molar-refractivity contribution >= 4 is 5.52 Å². The normalized spacial score (nSPS) is 12.6. The molecule has 0 saturated heterocycles. The van der Waals surface area contributed by atoms with Crippen LogP contribution < -0.4 is 0 Å². The zero-order valence-electron chi connectivity index (χ0n) is 8.51. The van der Waals surface area contributed by atoms with Crippen molar-refractivity contribution in [3.05, 3.63) is 35.9 Å². The molecular formula is C12H12N2O. The maximum Gasteiger partial charge on any atom is 0.155 e. The Morgan fingerprint density at radius 1 is 1.60 bits per heavy atom. The summed E-state index contributed by atoms with van der Waals surface area (Å²) in [6.07, 6.45) is 8.63. The lowest BCUT2D eigenvalue weighted by atomic mass is 10.1. The summed E-state index contributed by atoms with van der Waals surface area (Å²) in [5, 5.41) is 9.77. The zero-order chi connectivity index (χ0) is 10.8. The van der Waals surface area contributed by atoms with Gasteiger partial charge in [-0.1, -0.05) is 18.9 Å². The van der Waals surface area contributed by atoms with Gasteiger partial charge in [0.15, 0.2) is 6.10 Å². The van der Waals surface area contributed by atoms with E-state index in [0.717, 1.165) is 23.2 Å². The largest absolute Gasteiger partial charge is 0.375 e. The number of terminal acetylenes is 1. The lowest BCUT2D eigenvalue weighted by Crippen LogP contribution is -2.06. The second-order valence-corrected chi connectivity index (χ2v) is 3.36. The first-order valence-corrected chi connectivity index (χ1v) is 4.86. The van der Waals surface area contributed by atoms with Crippen LogP contribution in [0.25, 0.3) is 5.52 Å². The van der Waals surface area contributed by atoms with Crippen LogP contribution in [0.2, 0.25) is 0 Å². The van der Waals surface area contributed by atoms with E-state index in [4.69, 9.17) is 6.42 Å². The average molecular weight is 200 g/mol. The number of hydrogen-bond donors (Lipinski definition) is 1. The van der Waals surface area contributed by atoms with Crippen molar-refractivity contribution in [1.82, 2.24) is 9.38 Å². The molecule has 0 aromatic carbocycles. The van der Waals surface area contributed by atoms with Crippen LogP contribution in [0.15, 0.2) is 24.7 Å². The minimum Gasteiger partial charge on any atom is -0.375 e. The number of imidazole rings is 1. The number of nitrogens with zero attached hydrogens (tertiary/aromatic N) is 2. The van der Waals surface area contributed by atoms with Gasteiger partial charge in [0.05, 0.1) is 23.7 Å². The molecule has 2 rings (SSSR count). The molecule has 2 aromatic heterocycles. The van der Waals surface area contributed by atoms with Crippen molar-refractivity contribution in [3.63, 3.8) is 0 Å². The number of hydrogen-bond acceptors (Lipinski definition) is 2. The van der Waals surface area contributed by atoms with Gasteiger partial charge in [-0.05, 0) is 18.1 Å². The van der Waals surface area contributed by atoms with Crippen LogP contribution in [0.3, 0.4) is 0 Å². The molecule has 0 amide bonds. The van der Waals surface area contributed by atoms with Crippen molar-refractivity contribution in [2.24, 2.45) is 0 Å². The van der Waals surface area contributed by atoms with Gasteiger partial charge in [0, 0.05) is 0 Å². The van der Waals surface area contributed by atoms with Gasteiger partial charge in [-0.3, -0.25) is 4.40 Å². The minimum atomic E-state index is -0.877. The van der Waals surface area contributed by atoms with Crippen LogP contribution in [0.4, 0.5) is 0 Å². The van der Waals surface area contributed by atoms with E-state index in [0.29, 0.717) is 0 Å². The summed E-state index contributed by atoms with van der Waals surface area (Å²) in [6, 6.07) is 3.95. The summed E-state index contributed by atoms with van der Waals surface area (Å²) in [5.41, 5.74) is 2.73. The predicted octanol–water partition coefficient (Wildman–Crippen LogP) is 1.56. The van der Waals surface area contributed by atoms with Crippen LogP contribution in [0.1, 0.15) is 24.3 Å². The van der Waals surface area contributed by atoms with Gasteiger partial charge in [0.25, 0.3) is 0 Å². The summed E-state index contributed by atoms with van der Waals surface area (Å²) in [6.45, 7) is 2.03. The van der Waals surface area contributed by atoms with Crippen LogP contribution in [0.5, 0.6) is 0 Å². The third-order valence-electron chi connectivity index (χ3n) is 2.51. The number of pyridine rings is 1. The van der Waals surface area contributed by atoms with Crippen LogP contribution in [0, 0.1) is 12.3 Å². The summed E-state index contributed by atoms with van der Waals surface area (Å²) in [7, 11) is 0. The SMILES string of the molecule is C#CC(O)c1c(CC)ccc2cncn12. The molecule has 1 N–H and O–H groups in total. The Kier molecular flexibility index (Phi) is 2.44. The van der Waals surface area contributed by atoms with Gasteiger partial charge >= 0.3 is 0 Å². The van der Waals surface area contributed by atoms with Crippen molar-refractivity contribution in [3.8, 4) is 12.3 Å². The van der Waals surface area contributed by atoms with Gasteiger partial charge in [0.1, 0.15) is 0 Å². The van der Waals surface area contributed by atoms with Crippen LogP contribution >= 0.6 is 0 Å². The van der Waals surface area contributed by atoms with Crippen LogP contribution in [-0.2, 0) is 6.42 Å². The molecular weight excluding hydrogens is 188 g/mol. The highest BCUT2D eigenvalue weighted by Gasteiger charge is 2.12. The Bertz CT molecular complexity index is 522. The molecule has 1 unspecified atom stereocenters. The van der Waals surface area contributed by atoms with Crippen molar-refractivity contribution in [1.29, 1.82) is 0 Å². The fourth-order valence-electron chi connectivity index (χ4n) is 1.74. The van der Waals surface area contributed by atoms with Gasteiger partial charge in [-0.15, -0.1) is 6.42 Å². The molecule has 3 nitrogen and oxygen atoms in total. The molecule has 0 aliphatic heterocycles. The Morgan fingerprint density at radius 2 is 2.40 bits per heavy atom. The monoisotopic (exact) mass is 200 g/mol. The van der Waals surface area contributed by atoms with E-state index in [-0.39, 0.29) is 0 Å². The molecule has 0 fully saturated rings. The molecule has 0 radical (unpaired) electrons. The maximum atomic E-state index is 9.77. The number of fused-ring (bicyclic) bond motifs is 1. The highest BCUT2D eigenvalue weighted by Crippen LogP contribution is 2.20. The van der Waals surface area contributed by atoms with E-state index in [1.54, 1.807) is 12.5 Å². The summed E-state index contributed by atoms with van der Waals surface area (Å²) in [4.78, 5) is 4.04. The molecule has 0 spiro atoms. The van der Waals surface area contributed by atoms with Gasteiger partial charge in [0.2, 0.25) is 0 Å². The van der Waals surface area contributed by atoms with Gasteiger partial charge < -0.3 is 5.11 Å². The molecule has 0 saturated carbocycles. The minimum absolute atomic E-state index is 0.745. The Labute approximate surface area is 88.4 Å². The topological polar surface area (TPSA) is 37.5 Å². The third kappa shape index (κ3) is 1.49. The standard InChI is InChI=1S/C12H12N2O/c1-3-9-5-6-10-7-13-8-14(10)12(9)11(15)4-2/h2,5-8,11,15H,3H2,1H3. The molecule has 0 aliphatic rings. The summed E-state index contributed by atoms with van der Waals surface area (Å²) >= 11 is 0. The zero-order valence-corrected chi connectivity index (χ0v) is 8.51. The third-order valence-corrected chi connectivity index (χ3v) is 2.51. The average Bonchev–Trinajstić information content (AvgIpc) is 2.74. The molecule has 2 heterocycles. The second kappa shape index (κ2) is 3.76. The highest BCUT2D eigenvalue weighted by atomic mass is 16.3. The fourth-order valence-corrected chi connectivity index (χ4v) is 1.74. The lowest BCUT2D eigenvalue weighted by Gasteiger charge is -2.12. The molecule has 2 aromatic rings. The smallest absolute Gasteiger partial charge is 0.155 e. The van der Waals surface area contributed by atoms with Crippen molar-refractivity contribution < 1.29 is 5.11 Å². The molecule has 3 heteroatoms. The van der Waals surface area contributed by atoms with E-state index >= 15 is 0 Å². The Hall–Kier alpha value is -1.79. The summed E-state index contributed by atoms with van der Waals surface area (Å²) in [5.74, 6) is 2.34. The quantitative estimate of drug-likeness (QED) is 0.747.